The molecule has 2 rings (SSSR count). The smallest absolute Gasteiger partial charge is 0.215 e. The van der Waals surface area contributed by atoms with Crippen molar-refractivity contribution in [2.45, 2.75) is 18.6 Å². The van der Waals surface area contributed by atoms with E-state index in [1.165, 1.54) is 24.3 Å². The van der Waals surface area contributed by atoms with E-state index in [-0.39, 0.29) is 11.6 Å². The minimum Gasteiger partial charge on any atom is -0.306 e. The number of benzene rings is 1. The Balaban J connectivity index is 1.83. The highest BCUT2D eigenvalue weighted by molar-refractivity contribution is 7.88. The van der Waals surface area contributed by atoms with Gasteiger partial charge in [0.1, 0.15) is 5.82 Å². The van der Waals surface area contributed by atoms with Crippen LogP contribution in [0.2, 0.25) is 0 Å². The first-order chi connectivity index (χ1) is 9.44. The summed E-state index contributed by atoms with van der Waals surface area (Å²) in [5.41, 5.74) is 0.599. The first kappa shape index (κ1) is 15.4. The number of halogens is 1. The summed E-state index contributed by atoms with van der Waals surface area (Å²) in [5, 5.41) is 0. The highest BCUT2D eigenvalue weighted by atomic mass is 32.2. The Morgan fingerprint density at radius 2 is 1.85 bits per heavy atom. The molecule has 0 bridgehead atoms. The predicted octanol–water partition coefficient (Wildman–Crippen LogP) is 1.59. The van der Waals surface area contributed by atoms with Crippen molar-refractivity contribution in [2.24, 2.45) is 5.92 Å². The van der Waals surface area contributed by atoms with Crippen LogP contribution in [0.5, 0.6) is 0 Å². The molecule has 1 fully saturated rings. The molecule has 112 valence electrons. The lowest BCUT2D eigenvalue weighted by Gasteiger charge is -2.28. The van der Waals surface area contributed by atoms with E-state index in [1.54, 1.807) is 0 Å². The summed E-state index contributed by atoms with van der Waals surface area (Å²) in [4.78, 5) is 2.25. The monoisotopic (exact) mass is 300 g/mol. The second kappa shape index (κ2) is 6.65. The largest absolute Gasteiger partial charge is 0.306 e. The van der Waals surface area contributed by atoms with Gasteiger partial charge in [0.05, 0.1) is 5.75 Å². The van der Waals surface area contributed by atoms with Crippen LogP contribution in [-0.2, 0) is 15.8 Å². The fourth-order valence-corrected chi connectivity index (χ4v) is 3.59. The van der Waals surface area contributed by atoms with Crippen molar-refractivity contribution in [1.29, 1.82) is 0 Å². The van der Waals surface area contributed by atoms with Crippen LogP contribution in [0, 0.1) is 11.7 Å². The van der Waals surface area contributed by atoms with Gasteiger partial charge in [-0.05, 0) is 56.6 Å². The Hall–Kier alpha value is -0.980. The Morgan fingerprint density at radius 1 is 1.25 bits per heavy atom. The van der Waals surface area contributed by atoms with E-state index < -0.39 is 10.0 Å². The molecule has 0 atom stereocenters. The molecular weight excluding hydrogens is 279 g/mol. The zero-order valence-corrected chi connectivity index (χ0v) is 12.5. The van der Waals surface area contributed by atoms with Crippen molar-refractivity contribution >= 4 is 10.0 Å². The Kier molecular flexibility index (Phi) is 5.12. The summed E-state index contributed by atoms with van der Waals surface area (Å²) in [6.07, 6.45) is 2.05. The molecule has 1 saturated heterocycles. The molecule has 0 unspecified atom stereocenters. The van der Waals surface area contributed by atoms with Crippen LogP contribution < -0.4 is 4.72 Å². The van der Waals surface area contributed by atoms with E-state index in [0.717, 1.165) is 25.9 Å². The predicted molar refractivity (Wildman–Crippen MR) is 77.2 cm³/mol. The molecule has 0 amide bonds. The number of hydrogen-bond acceptors (Lipinski definition) is 3. The van der Waals surface area contributed by atoms with Crippen LogP contribution in [0.25, 0.3) is 0 Å². The number of nitrogens with one attached hydrogen (secondary N) is 1. The van der Waals surface area contributed by atoms with Gasteiger partial charge in [0.15, 0.2) is 0 Å². The third-order valence-electron chi connectivity index (χ3n) is 3.70. The van der Waals surface area contributed by atoms with E-state index in [4.69, 9.17) is 0 Å². The van der Waals surface area contributed by atoms with Gasteiger partial charge in [-0.3, -0.25) is 0 Å². The molecule has 1 heterocycles. The average Bonchev–Trinajstić information content (AvgIpc) is 2.41. The number of rotatable bonds is 5. The lowest BCUT2D eigenvalue weighted by atomic mass is 9.98. The molecule has 1 aromatic rings. The van der Waals surface area contributed by atoms with Crippen molar-refractivity contribution in [3.8, 4) is 0 Å². The standard InChI is InChI=1S/C14H21FN2O2S/c1-17-8-6-12(7-9-17)10-16-20(18,19)11-13-2-4-14(15)5-3-13/h2-5,12,16H,6-11H2,1H3. The molecule has 0 spiro atoms. The van der Waals surface area contributed by atoms with E-state index in [0.29, 0.717) is 18.0 Å². The van der Waals surface area contributed by atoms with Crippen molar-refractivity contribution in [3.05, 3.63) is 35.6 Å². The summed E-state index contributed by atoms with van der Waals surface area (Å²) in [5.74, 6) is -0.0421. The molecule has 0 aliphatic carbocycles. The van der Waals surface area contributed by atoms with Crippen LogP contribution in [0.4, 0.5) is 4.39 Å². The van der Waals surface area contributed by atoms with Gasteiger partial charge >= 0.3 is 0 Å². The number of nitrogens with zero attached hydrogens (tertiary/aromatic N) is 1. The molecule has 1 aliphatic rings. The minimum atomic E-state index is -3.35. The maximum absolute atomic E-state index is 12.8. The average molecular weight is 300 g/mol. The Morgan fingerprint density at radius 3 is 2.45 bits per heavy atom. The van der Waals surface area contributed by atoms with Crippen molar-refractivity contribution in [3.63, 3.8) is 0 Å². The Bertz CT molecular complexity index is 523. The maximum Gasteiger partial charge on any atom is 0.215 e. The summed E-state index contributed by atoms with van der Waals surface area (Å²) in [6.45, 7) is 2.53. The van der Waals surface area contributed by atoms with Gasteiger partial charge in [-0.25, -0.2) is 17.5 Å². The highest BCUT2D eigenvalue weighted by Crippen LogP contribution is 2.15. The van der Waals surface area contributed by atoms with Crippen LogP contribution in [-0.4, -0.2) is 40.0 Å². The first-order valence-electron chi connectivity index (χ1n) is 6.85. The Labute approximate surface area is 120 Å². The topological polar surface area (TPSA) is 49.4 Å². The van der Waals surface area contributed by atoms with Crippen LogP contribution >= 0.6 is 0 Å². The molecule has 1 N–H and O–H groups in total. The molecule has 20 heavy (non-hydrogen) atoms. The summed E-state index contributed by atoms with van der Waals surface area (Å²) < 4.78 is 39.4. The molecular formula is C14H21FN2O2S. The SMILES string of the molecule is CN1CCC(CNS(=O)(=O)Cc2ccc(F)cc2)CC1. The van der Waals surface area contributed by atoms with Gasteiger partial charge in [0.2, 0.25) is 10.0 Å². The second-order valence-corrected chi connectivity index (χ2v) is 7.29. The summed E-state index contributed by atoms with van der Waals surface area (Å²) >= 11 is 0. The normalized spacial score (nSPS) is 18.3. The third-order valence-corrected chi connectivity index (χ3v) is 5.02. The third kappa shape index (κ3) is 4.85. The van der Waals surface area contributed by atoms with E-state index in [1.807, 2.05) is 0 Å². The lowest BCUT2D eigenvalue weighted by molar-refractivity contribution is 0.220. The van der Waals surface area contributed by atoms with Crippen molar-refractivity contribution < 1.29 is 12.8 Å². The zero-order valence-electron chi connectivity index (χ0n) is 11.7. The van der Waals surface area contributed by atoms with Crippen molar-refractivity contribution in [2.75, 3.05) is 26.7 Å². The van der Waals surface area contributed by atoms with E-state index >= 15 is 0 Å². The van der Waals surface area contributed by atoms with Gasteiger partial charge in [-0.1, -0.05) is 12.1 Å². The summed E-state index contributed by atoms with van der Waals surface area (Å²) in [6, 6.07) is 5.57. The zero-order chi connectivity index (χ0) is 14.6. The first-order valence-corrected chi connectivity index (χ1v) is 8.50. The quantitative estimate of drug-likeness (QED) is 0.898. The maximum atomic E-state index is 12.8. The van der Waals surface area contributed by atoms with Gasteiger partial charge in [0.25, 0.3) is 0 Å². The van der Waals surface area contributed by atoms with E-state index in [2.05, 4.69) is 16.7 Å². The minimum absolute atomic E-state index is 0.0973. The van der Waals surface area contributed by atoms with E-state index in [9.17, 15) is 12.8 Å². The van der Waals surface area contributed by atoms with Crippen molar-refractivity contribution in [1.82, 2.24) is 9.62 Å². The van der Waals surface area contributed by atoms with Gasteiger partial charge in [0, 0.05) is 6.54 Å². The van der Waals surface area contributed by atoms with Gasteiger partial charge < -0.3 is 4.90 Å². The number of likely N-dealkylation sites (tertiary alicyclic amines) is 1. The molecule has 1 aromatic carbocycles. The molecule has 4 nitrogen and oxygen atoms in total. The number of sulfonamides is 1. The van der Waals surface area contributed by atoms with Crippen LogP contribution in [0.3, 0.4) is 0 Å². The molecule has 1 aliphatic heterocycles. The van der Waals surface area contributed by atoms with Gasteiger partial charge in [-0.15, -0.1) is 0 Å². The fourth-order valence-electron chi connectivity index (χ4n) is 2.36. The highest BCUT2D eigenvalue weighted by Gasteiger charge is 2.19. The molecule has 0 aromatic heterocycles. The molecule has 0 saturated carbocycles. The lowest BCUT2D eigenvalue weighted by Crippen LogP contribution is -2.37. The fraction of sp³-hybridized carbons (Fsp3) is 0.571. The van der Waals surface area contributed by atoms with Gasteiger partial charge in [-0.2, -0.15) is 0 Å². The number of piperidine rings is 1. The summed E-state index contributed by atoms with van der Waals surface area (Å²) in [7, 11) is -1.27. The second-order valence-electron chi connectivity index (χ2n) is 5.48. The van der Waals surface area contributed by atoms with Crippen LogP contribution in [0.15, 0.2) is 24.3 Å². The number of hydrogen-bond donors (Lipinski definition) is 1. The van der Waals surface area contributed by atoms with Crippen LogP contribution in [0.1, 0.15) is 18.4 Å². The molecule has 6 heteroatoms. The molecule has 0 radical (unpaired) electrons.